The quantitative estimate of drug-likeness (QED) is 0.286. The fourth-order valence-corrected chi connectivity index (χ4v) is 4.49. The summed E-state index contributed by atoms with van der Waals surface area (Å²) in [6.07, 6.45) is 0.433. The van der Waals surface area contributed by atoms with Crippen LogP contribution in [0.5, 0.6) is 0 Å². The Morgan fingerprint density at radius 3 is 2.28 bits per heavy atom. The Hall–Kier alpha value is -1.95. The molecule has 2 aromatic heterocycles. The molecule has 2 heterocycles. The van der Waals surface area contributed by atoms with Crippen LogP contribution in [0, 0.1) is 6.92 Å². The number of rotatable bonds is 6. The molecule has 0 aliphatic heterocycles. The van der Waals surface area contributed by atoms with Crippen LogP contribution in [0.4, 0.5) is 18.3 Å². The summed E-state index contributed by atoms with van der Waals surface area (Å²) in [6, 6.07) is 5.75. The van der Waals surface area contributed by atoms with Crippen LogP contribution >= 0.6 is 34.4 Å². The molecule has 0 saturated carbocycles. The van der Waals surface area contributed by atoms with Gasteiger partial charge >= 0.3 is 5.51 Å². The van der Waals surface area contributed by atoms with Crippen LogP contribution in [0.3, 0.4) is 0 Å². The highest BCUT2D eigenvalue weighted by Crippen LogP contribution is 2.36. The zero-order valence-electron chi connectivity index (χ0n) is 18.4. The highest BCUT2D eigenvalue weighted by Gasteiger charge is 2.28. The Morgan fingerprint density at radius 1 is 1.22 bits per heavy atom. The van der Waals surface area contributed by atoms with Crippen LogP contribution < -0.4 is 5.32 Å². The number of alkyl halides is 3. The second-order valence-electron chi connectivity index (χ2n) is 5.99. The number of carbonyl (C=O) groups excluding carboxylic acids is 1. The molecule has 3 rings (SSSR count). The molecule has 3 aromatic rings. The van der Waals surface area contributed by atoms with Crippen molar-refractivity contribution in [3.05, 3.63) is 45.9 Å². The van der Waals surface area contributed by atoms with Gasteiger partial charge in [0.1, 0.15) is 17.4 Å². The third-order valence-corrected chi connectivity index (χ3v) is 6.55. The Balaban J connectivity index is 0.000000300. The van der Waals surface area contributed by atoms with E-state index < -0.39 is 11.6 Å². The molecule has 1 atom stereocenters. The number of hydrogen-bond acceptors (Lipinski definition) is 8. The molecule has 0 amide bonds. The van der Waals surface area contributed by atoms with Gasteiger partial charge in [0, 0.05) is 23.7 Å². The van der Waals surface area contributed by atoms with Crippen LogP contribution in [0.2, 0.25) is 0 Å². The van der Waals surface area contributed by atoms with E-state index in [9.17, 15) is 23.1 Å². The van der Waals surface area contributed by atoms with E-state index in [4.69, 9.17) is 0 Å². The Morgan fingerprint density at radius 2 is 1.84 bits per heavy atom. The van der Waals surface area contributed by atoms with Crippen LogP contribution in [-0.4, -0.2) is 33.9 Å². The zero-order valence-corrected chi connectivity index (χ0v) is 20.8. The van der Waals surface area contributed by atoms with Gasteiger partial charge in [0.2, 0.25) is 0 Å². The van der Waals surface area contributed by atoms with Crippen molar-refractivity contribution in [2.75, 3.05) is 12.4 Å². The van der Waals surface area contributed by atoms with Gasteiger partial charge in [-0.2, -0.15) is 13.2 Å². The average molecular weight is 506 g/mol. The van der Waals surface area contributed by atoms with Gasteiger partial charge in [0.05, 0.1) is 16.3 Å². The van der Waals surface area contributed by atoms with Gasteiger partial charge in [-0.25, -0.2) is 9.97 Å². The first-order chi connectivity index (χ1) is 15.1. The van der Waals surface area contributed by atoms with E-state index in [0.29, 0.717) is 11.8 Å². The van der Waals surface area contributed by atoms with Crippen molar-refractivity contribution in [1.29, 1.82) is 0 Å². The summed E-state index contributed by atoms with van der Waals surface area (Å²) in [5.74, 6) is 0. The predicted octanol–water partition coefficient (Wildman–Crippen LogP) is 6.74. The number of benzene rings is 1. The van der Waals surface area contributed by atoms with Crippen molar-refractivity contribution < 1.29 is 23.1 Å². The van der Waals surface area contributed by atoms with Crippen molar-refractivity contribution in [2.24, 2.45) is 0 Å². The molecule has 0 unspecified atom stereocenters. The van der Waals surface area contributed by atoms with Gasteiger partial charge in [-0.05, 0) is 43.3 Å². The van der Waals surface area contributed by atoms with Crippen LogP contribution in [0.25, 0.3) is 10.6 Å². The molecule has 32 heavy (non-hydrogen) atoms. The number of aliphatic hydroxyl groups is 1. The highest BCUT2D eigenvalue weighted by atomic mass is 32.2. The SMILES string of the molecule is CC.CNc1nc(-c2sc([C@H](C)O)nc2C)cs1.O=CCc1ccc(SC(F)(F)F)cc1. The number of thiazole rings is 2. The summed E-state index contributed by atoms with van der Waals surface area (Å²) >= 11 is 2.90. The molecule has 0 saturated heterocycles. The second-order valence-corrected chi connectivity index (χ2v) is 9.02. The van der Waals surface area contributed by atoms with Gasteiger partial charge in [-0.1, -0.05) is 26.0 Å². The maximum absolute atomic E-state index is 11.9. The monoisotopic (exact) mass is 505 g/mol. The number of halogens is 3. The van der Waals surface area contributed by atoms with Crippen LogP contribution in [0.1, 0.15) is 43.1 Å². The Labute approximate surface area is 198 Å². The van der Waals surface area contributed by atoms with Crippen molar-refractivity contribution in [3.63, 3.8) is 0 Å². The molecule has 0 aliphatic rings. The first-order valence-corrected chi connectivity index (χ1v) is 12.2. The molecule has 1 aromatic carbocycles. The van der Waals surface area contributed by atoms with Gasteiger partial charge in [0.25, 0.3) is 0 Å². The number of nitrogens with one attached hydrogen (secondary N) is 1. The zero-order chi connectivity index (χ0) is 24.3. The molecule has 0 fully saturated rings. The minimum atomic E-state index is -4.26. The van der Waals surface area contributed by atoms with Crippen LogP contribution in [0.15, 0.2) is 34.5 Å². The third kappa shape index (κ3) is 9.27. The lowest BCUT2D eigenvalue weighted by molar-refractivity contribution is -0.107. The maximum Gasteiger partial charge on any atom is 0.446 e. The van der Waals surface area contributed by atoms with Crippen LogP contribution in [-0.2, 0) is 11.2 Å². The lowest BCUT2D eigenvalue weighted by atomic mass is 10.2. The van der Waals surface area contributed by atoms with E-state index >= 15 is 0 Å². The Bertz CT molecular complexity index is 955. The lowest BCUT2D eigenvalue weighted by Gasteiger charge is -2.05. The molecule has 0 aliphatic carbocycles. The number of thioether (sulfide) groups is 1. The molecule has 0 bridgehead atoms. The fourth-order valence-electron chi connectivity index (χ4n) is 2.25. The summed E-state index contributed by atoms with van der Waals surface area (Å²) < 4.78 is 35.7. The molecular weight excluding hydrogens is 479 g/mol. The number of carbonyl (C=O) groups is 1. The predicted molar refractivity (Wildman–Crippen MR) is 128 cm³/mol. The largest absolute Gasteiger partial charge is 0.446 e. The molecule has 0 radical (unpaired) electrons. The van der Waals surface area contributed by atoms with Crippen molar-refractivity contribution in [1.82, 2.24) is 9.97 Å². The first-order valence-electron chi connectivity index (χ1n) is 9.70. The molecule has 176 valence electrons. The number of hydrogen-bond donors (Lipinski definition) is 2. The van der Waals surface area contributed by atoms with Gasteiger partial charge in [-0.15, -0.1) is 22.7 Å². The number of aliphatic hydroxyl groups excluding tert-OH is 1. The minimum absolute atomic E-state index is 0.132. The number of aldehydes is 1. The summed E-state index contributed by atoms with van der Waals surface area (Å²) in [4.78, 5) is 20.0. The minimum Gasteiger partial charge on any atom is -0.386 e. The number of aryl methyl sites for hydroxylation is 1. The van der Waals surface area contributed by atoms with Gasteiger partial charge in [0.15, 0.2) is 5.13 Å². The lowest BCUT2D eigenvalue weighted by Crippen LogP contribution is -1.98. The van der Waals surface area contributed by atoms with Crippen molar-refractivity contribution in [3.8, 4) is 10.6 Å². The van der Waals surface area contributed by atoms with E-state index in [1.807, 2.05) is 33.2 Å². The van der Waals surface area contributed by atoms with E-state index in [0.717, 1.165) is 26.4 Å². The van der Waals surface area contributed by atoms with E-state index in [2.05, 4.69) is 15.3 Å². The normalized spacial score (nSPS) is 11.5. The van der Waals surface area contributed by atoms with E-state index in [1.54, 1.807) is 18.3 Å². The average Bonchev–Trinajstić information content (AvgIpc) is 3.37. The molecule has 11 heteroatoms. The first kappa shape index (κ1) is 28.1. The Kier molecular flexibility index (Phi) is 11.9. The van der Waals surface area contributed by atoms with E-state index in [1.165, 1.54) is 35.6 Å². The van der Waals surface area contributed by atoms with Gasteiger partial charge < -0.3 is 15.2 Å². The maximum atomic E-state index is 11.9. The van der Waals surface area contributed by atoms with Gasteiger partial charge in [-0.3, -0.25) is 0 Å². The number of nitrogens with zero attached hydrogens (tertiary/aromatic N) is 2. The topological polar surface area (TPSA) is 75.1 Å². The highest BCUT2D eigenvalue weighted by molar-refractivity contribution is 8.00. The summed E-state index contributed by atoms with van der Waals surface area (Å²) in [6.45, 7) is 7.66. The summed E-state index contributed by atoms with van der Waals surface area (Å²) in [5, 5.41) is 16.1. The fraction of sp³-hybridized carbons (Fsp3) is 0.381. The van der Waals surface area contributed by atoms with Crippen molar-refractivity contribution in [2.45, 2.75) is 50.6 Å². The number of anilines is 1. The molecule has 2 N–H and O–H groups in total. The third-order valence-electron chi connectivity index (χ3n) is 3.60. The van der Waals surface area contributed by atoms with Crippen molar-refractivity contribution >= 4 is 45.9 Å². The second kappa shape index (κ2) is 13.6. The molecule has 5 nitrogen and oxygen atoms in total. The molecular formula is C21H26F3N3O2S3. The standard InChI is InChI=1S/C10H13N3OS2.C9H7F3OS.C2H6/c1-5-8(16-9(12-5)6(2)14)7-4-15-10(11-3)13-7;10-9(11,12)14-8-3-1-7(2-4-8)5-6-13;1-2/h4,6,14H,1-3H3,(H,11,13);1-4,6H,5H2;1-2H3/t6-;;/m0../s1. The summed E-state index contributed by atoms with van der Waals surface area (Å²) in [5.41, 5.74) is -1.69. The molecule has 0 spiro atoms. The smallest absolute Gasteiger partial charge is 0.386 e. The summed E-state index contributed by atoms with van der Waals surface area (Å²) in [7, 11) is 1.85. The number of aromatic nitrogens is 2. The van der Waals surface area contributed by atoms with E-state index in [-0.39, 0.29) is 23.1 Å².